The smallest absolute Gasteiger partial charge is 0.314 e. The van der Waals surface area contributed by atoms with Gasteiger partial charge in [0, 0.05) is 54.2 Å². The summed E-state index contributed by atoms with van der Waals surface area (Å²) in [5, 5.41) is 13.2. The third kappa shape index (κ3) is 5.18. The SMILES string of the molecule is NC(=O)N1CCC(CC(=O)N2CCC(C3c4c(Cl)cccc4CCC4=CC(Br)=CN(O)C43)CC2)CC1. The fourth-order valence-electron chi connectivity index (χ4n) is 6.64. The summed E-state index contributed by atoms with van der Waals surface area (Å²) in [7, 11) is 0. The summed E-state index contributed by atoms with van der Waals surface area (Å²) in [6.07, 6.45) is 9.61. The Labute approximate surface area is 226 Å². The Hall–Kier alpha value is -2.03. The number of carbonyl (C=O) groups is 2. The number of fused-ring (bicyclic) bond motifs is 2. The van der Waals surface area contributed by atoms with Gasteiger partial charge in [0.25, 0.3) is 0 Å². The quantitative estimate of drug-likeness (QED) is 0.528. The molecule has 4 aliphatic rings. The predicted octanol–water partition coefficient (Wildman–Crippen LogP) is 5.03. The van der Waals surface area contributed by atoms with E-state index in [1.807, 2.05) is 17.0 Å². The molecule has 1 aromatic carbocycles. The van der Waals surface area contributed by atoms with Crippen molar-refractivity contribution in [3.05, 3.63) is 56.7 Å². The van der Waals surface area contributed by atoms with Crippen molar-refractivity contribution >= 4 is 39.5 Å². The molecule has 3 heterocycles. The van der Waals surface area contributed by atoms with E-state index in [2.05, 4.69) is 28.1 Å². The summed E-state index contributed by atoms with van der Waals surface area (Å²) >= 11 is 10.4. The van der Waals surface area contributed by atoms with E-state index in [0.29, 0.717) is 31.3 Å². The zero-order valence-corrected chi connectivity index (χ0v) is 22.8. The Kier molecular flexibility index (Phi) is 7.65. The number of piperidine rings is 2. The number of primary amides is 1. The lowest BCUT2D eigenvalue weighted by Gasteiger charge is -2.43. The van der Waals surface area contributed by atoms with Gasteiger partial charge in [0.05, 0.1) is 6.04 Å². The number of amides is 3. The summed E-state index contributed by atoms with van der Waals surface area (Å²) in [6.45, 7) is 2.71. The van der Waals surface area contributed by atoms with Crippen molar-refractivity contribution in [2.75, 3.05) is 26.2 Å². The maximum Gasteiger partial charge on any atom is 0.314 e. The number of nitrogens with two attached hydrogens (primary N) is 1. The van der Waals surface area contributed by atoms with E-state index in [0.717, 1.165) is 66.7 Å². The van der Waals surface area contributed by atoms with Crippen LogP contribution < -0.4 is 5.73 Å². The molecule has 3 amide bonds. The van der Waals surface area contributed by atoms with Crippen LogP contribution in [0.4, 0.5) is 4.79 Å². The van der Waals surface area contributed by atoms with Gasteiger partial charge in [-0.25, -0.2) is 4.79 Å². The fourth-order valence-corrected chi connectivity index (χ4v) is 7.46. The Balaban J connectivity index is 1.29. The van der Waals surface area contributed by atoms with Crippen LogP contribution in [0.2, 0.25) is 5.02 Å². The number of aryl methyl sites for hydroxylation is 1. The van der Waals surface area contributed by atoms with Gasteiger partial charge in [-0.15, -0.1) is 0 Å². The number of urea groups is 1. The molecule has 1 aliphatic carbocycles. The number of hydroxylamine groups is 2. The van der Waals surface area contributed by atoms with E-state index in [1.165, 1.54) is 16.2 Å². The second-order valence-electron chi connectivity index (χ2n) is 10.6. The van der Waals surface area contributed by atoms with Crippen LogP contribution in [0.15, 0.2) is 40.5 Å². The van der Waals surface area contributed by atoms with Gasteiger partial charge in [-0.3, -0.25) is 15.1 Å². The Morgan fingerprint density at radius 3 is 2.44 bits per heavy atom. The molecule has 9 heteroatoms. The molecule has 2 fully saturated rings. The molecule has 0 radical (unpaired) electrons. The van der Waals surface area contributed by atoms with E-state index in [9.17, 15) is 14.8 Å². The maximum absolute atomic E-state index is 13.1. The van der Waals surface area contributed by atoms with Crippen molar-refractivity contribution in [1.29, 1.82) is 0 Å². The molecule has 0 bridgehead atoms. The Morgan fingerprint density at radius 2 is 1.75 bits per heavy atom. The minimum atomic E-state index is -0.373. The summed E-state index contributed by atoms with van der Waals surface area (Å²) < 4.78 is 0.870. The van der Waals surface area contributed by atoms with E-state index in [-0.39, 0.29) is 23.9 Å². The third-order valence-corrected chi connectivity index (χ3v) is 9.30. The highest BCUT2D eigenvalue weighted by Crippen LogP contribution is 2.48. The first-order chi connectivity index (χ1) is 17.3. The second kappa shape index (κ2) is 10.8. The van der Waals surface area contributed by atoms with Gasteiger partial charge in [0.2, 0.25) is 5.91 Å². The van der Waals surface area contributed by atoms with Crippen molar-refractivity contribution in [2.24, 2.45) is 17.6 Å². The minimum Gasteiger partial charge on any atom is -0.351 e. The van der Waals surface area contributed by atoms with Crippen LogP contribution in [0.25, 0.3) is 0 Å². The predicted molar refractivity (Wildman–Crippen MR) is 143 cm³/mol. The van der Waals surface area contributed by atoms with E-state index >= 15 is 0 Å². The van der Waals surface area contributed by atoms with Crippen LogP contribution >= 0.6 is 27.5 Å². The van der Waals surface area contributed by atoms with E-state index < -0.39 is 0 Å². The summed E-state index contributed by atoms with van der Waals surface area (Å²) in [5.41, 5.74) is 9.01. The fraction of sp³-hybridized carbons (Fsp3) is 0.556. The largest absolute Gasteiger partial charge is 0.351 e. The molecular formula is C27H34BrClN4O3. The topological polar surface area (TPSA) is 90.1 Å². The molecule has 0 aromatic heterocycles. The zero-order chi connectivity index (χ0) is 25.4. The molecular weight excluding hydrogens is 544 g/mol. The van der Waals surface area contributed by atoms with E-state index in [1.54, 1.807) is 11.1 Å². The number of allylic oxidation sites excluding steroid dienone is 2. The molecule has 1 aromatic rings. The molecule has 7 nitrogen and oxygen atoms in total. The highest BCUT2D eigenvalue weighted by molar-refractivity contribution is 9.11. The number of benzene rings is 1. The highest BCUT2D eigenvalue weighted by Gasteiger charge is 2.42. The lowest BCUT2D eigenvalue weighted by molar-refractivity contribution is -0.134. The number of halogens is 2. The summed E-state index contributed by atoms with van der Waals surface area (Å²) in [6, 6.07) is 5.61. The van der Waals surface area contributed by atoms with Gasteiger partial charge >= 0.3 is 6.03 Å². The van der Waals surface area contributed by atoms with Gasteiger partial charge in [0.1, 0.15) is 0 Å². The van der Waals surface area contributed by atoms with Crippen LogP contribution in [0.3, 0.4) is 0 Å². The molecule has 36 heavy (non-hydrogen) atoms. The van der Waals surface area contributed by atoms with Crippen molar-refractivity contribution in [3.63, 3.8) is 0 Å². The van der Waals surface area contributed by atoms with Gasteiger partial charge < -0.3 is 15.5 Å². The van der Waals surface area contributed by atoms with Crippen LogP contribution in [-0.4, -0.2) is 64.2 Å². The zero-order valence-electron chi connectivity index (χ0n) is 20.4. The maximum atomic E-state index is 13.1. The third-order valence-electron chi connectivity index (χ3n) is 8.53. The lowest BCUT2D eigenvalue weighted by atomic mass is 9.73. The van der Waals surface area contributed by atoms with Crippen LogP contribution in [-0.2, 0) is 11.2 Å². The number of likely N-dealkylation sites (tertiary alicyclic amines) is 2. The van der Waals surface area contributed by atoms with Crippen LogP contribution in [0.5, 0.6) is 0 Å². The molecule has 5 rings (SSSR count). The number of hydrogen-bond acceptors (Lipinski definition) is 4. The number of nitrogens with zero attached hydrogens (tertiary/aromatic N) is 3. The van der Waals surface area contributed by atoms with Crippen molar-refractivity contribution in [3.8, 4) is 0 Å². The summed E-state index contributed by atoms with van der Waals surface area (Å²) in [4.78, 5) is 28.2. The monoisotopic (exact) mass is 576 g/mol. The second-order valence-corrected chi connectivity index (χ2v) is 11.9. The average Bonchev–Trinajstić information content (AvgIpc) is 3.02. The molecule has 0 saturated carbocycles. The van der Waals surface area contributed by atoms with Crippen LogP contribution in [0, 0.1) is 11.8 Å². The Morgan fingerprint density at radius 1 is 1.06 bits per heavy atom. The number of rotatable bonds is 3. The normalized spacial score (nSPS) is 25.5. The first-order valence-electron chi connectivity index (χ1n) is 13.0. The summed E-state index contributed by atoms with van der Waals surface area (Å²) in [5.74, 6) is 0.873. The lowest BCUT2D eigenvalue weighted by Crippen LogP contribution is -2.46. The van der Waals surface area contributed by atoms with Gasteiger partial charge in [-0.1, -0.05) is 23.7 Å². The highest BCUT2D eigenvalue weighted by atomic mass is 79.9. The van der Waals surface area contributed by atoms with Gasteiger partial charge in [-0.2, -0.15) is 0 Å². The van der Waals surface area contributed by atoms with Crippen LogP contribution in [0.1, 0.15) is 55.6 Å². The molecule has 2 unspecified atom stereocenters. The standard InChI is InChI=1S/C27H34BrClN4O3/c28-21-15-20-5-4-18-2-1-3-22(29)24(18)25(26(20)33(36)16-21)19-8-12-31(13-9-19)23(34)14-17-6-10-32(11-7-17)27(30)35/h1-3,15-17,19,25-26,36H,4-14H2,(H2,30,35). The van der Waals surface area contributed by atoms with Crippen molar-refractivity contribution < 1.29 is 14.8 Å². The van der Waals surface area contributed by atoms with Crippen molar-refractivity contribution in [1.82, 2.24) is 14.9 Å². The molecule has 194 valence electrons. The molecule has 3 aliphatic heterocycles. The first kappa shape index (κ1) is 25.6. The minimum absolute atomic E-state index is 0.0553. The number of hydrogen-bond donors (Lipinski definition) is 2. The van der Waals surface area contributed by atoms with Crippen molar-refractivity contribution in [2.45, 2.75) is 56.9 Å². The van der Waals surface area contributed by atoms with Gasteiger partial charge in [-0.05, 0) is 95.1 Å². The average molecular weight is 578 g/mol. The molecule has 3 N–H and O–H groups in total. The first-order valence-corrected chi connectivity index (χ1v) is 14.1. The molecule has 0 spiro atoms. The molecule has 2 atom stereocenters. The Bertz CT molecular complexity index is 1080. The van der Waals surface area contributed by atoms with E-state index in [4.69, 9.17) is 17.3 Å². The van der Waals surface area contributed by atoms with Gasteiger partial charge in [0.15, 0.2) is 0 Å². The molecule has 2 saturated heterocycles. The number of carbonyl (C=O) groups excluding carboxylic acids is 2.